The number of aromatic nitrogens is 2. The zero-order chi connectivity index (χ0) is 26.4. The Bertz CT molecular complexity index is 1370. The number of aromatic hydroxyl groups is 1. The Morgan fingerprint density at radius 2 is 2.08 bits per heavy atom. The van der Waals surface area contributed by atoms with Crippen molar-refractivity contribution in [1.82, 2.24) is 14.9 Å². The lowest BCUT2D eigenvalue weighted by Gasteiger charge is -2.40. The van der Waals surface area contributed by atoms with Crippen LogP contribution in [0.4, 0.5) is 11.5 Å². The second kappa shape index (κ2) is 11.4. The summed E-state index contributed by atoms with van der Waals surface area (Å²) < 4.78 is 5.67. The molecule has 37 heavy (non-hydrogen) atoms. The van der Waals surface area contributed by atoms with Gasteiger partial charge in [0.1, 0.15) is 17.3 Å². The minimum atomic E-state index is -0.491. The Morgan fingerprint density at radius 1 is 1.27 bits per heavy atom. The van der Waals surface area contributed by atoms with E-state index in [-0.39, 0.29) is 35.8 Å². The number of hydrogen-bond acceptors (Lipinski definition) is 8. The number of nitriles is 1. The SMILES string of the molecule is C=CC(=O)N1CCN(c2cc(C(=O)Nc3cc(O)cc4ccccc34)nc(OCCC)n2)C[C@@H]1CC#N. The van der Waals surface area contributed by atoms with Gasteiger partial charge < -0.3 is 25.0 Å². The molecule has 10 heteroatoms. The predicted molar refractivity (Wildman–Crippen MR) is 140 cm³/mol. The number of hydrogen-bond donors (Lipinski definition) is 2. The van der Waals surface area contributed by atoms with Gasteiger partial charge in [0, 0.05) is 37.2 Å². The molecule has 1 atom stereocenters. The molecule has 4 rings (SSSR count). The number of ether oxygens (including phenoxy) is 1. The highest BCUT2D eigenvalue weighted by Gasteiger charge is 2.30. The van der Waals surface area contributed by atoms with Crippen molar-refractivity contribution in [2.45, 2.75) is 25.8 Å². The molecular formula is C27H28N6O4. The Labute approximate surface area is 214 Å². The highest BCUT2D eigenvalue weighted by atomic mass is 16.5. The van der Waals surface area contributed by atoms with Crippen LogP contribution >= 0.6 is 0 Å². The fourth-order valence-corrected chi connectivity index (χ4v) is 4.28. The van der Waals surface area contributed by atoms with Crippen molar-refractivity contribution < 1.29 is 19.4 Å². The molecule has 2 amide bonds. The number of rotatable bonds is 8. The summed E-state index contributed by atoms with van der Waals surface area (Å²) in [5.41, 5.74) is 0.535. The second-order valence-electron chi connectivity index (χ2n) is 8.61. The Morgan fingerprint density at radius 3 is 2.84 bits per heavy atom. The quantitative estimate of drug-likeness (QED) is 0.449. The monoisotopic (exact) mass is 500 g/mol. The zero-order valence-corrected chi connectivity index (χ0v) is 20.6. The number of carbonyl (C=O) groups excluding carboxylic acids is 2. The van der Waals surface area contributed by atoms with Gasteiger partial charge in [-0.15, -0.1) is 0 Å². The zero-order valence-electron chi connectivity index (χ0n) is 20.6. The molecule has 2 N–H and O–H groups in total. The molecule has 1 aliphatic heterocycles. The third-order valence-electron chi connectivity index (χ3n) is 6.05. The molecule has 0 radical (unpaired) electrons. The van der Waals surface area contributed by atoms with Gasteiger partial charge in [0.05, 0.1) is 30.8 Å². The van der Waals surface area contributed by atoms with Crippen LogP contribution in [0.3, 0.4) is 0 Å². The Kier molecular flexibility index (Phi) is 7.83. The molecule has 0 saturated carbocycles. The summed E-state index contributed by atoms with van der Waals surface area (Å²) in [7, 11) is 0. The first-order valence-electron chi connectivity index (χ1n) is 12.0. The van der Waals surface area contributed by atoms with Gasteiger partial charge in [0.25, 0.3) is 5.91 Å². The van der Waals surface area contributed by atoms with Gasteiger partial charge in [0.2, 0.25) is 5.91 Å². The van der Waals surface area contributed by atoms with E-state index in [0.717, 1.165) is 17.2 Å². The summed E-state index contributed by atoms with van der Waals surface area (Å²) in [4.78, 5) is 37.9. The maximum atomic E-state index is 13.3. The summed E-state index contributed by atoms with van der Waals surface area (Å²) in [5, 5.41) is 23.8. The molecule has 0 bridgehead atoms. The number of phenolic OH excluding ortho intramolecular Hbond substituents is 1. The third kappa shape index (κ3) is 5.78. The van der Waals surface area contributed by atoms with E-state index < -0.39 is 5.91 Å². The van der Waals surface area contributed by atoms with Crippen LogP contribution < -0.4 is 15.0 Å². The third-order valence-corrected chi connectivity index (χ3v) is 6.05. The molecule has 1 fully saturated rings. The smallest absolute Gasteiger partial charge is 0.319 e. The van der Waals surface area contributed by atoms with E-state index in [0.29, 0.717) is 37.7 Å². The second-order valence-corrected chi connectivity index (χ2v) is 8.61. The van der Waals surface area contributed by atoms with Crippen LogP contribution in [0.1, 0.15) is 30.3 Å². The first-order chi connectivity index (χ1) is 17.9. The van der Waals surface area contributed by atoms with Crippen molar-refractivity contribution in [3.63, 3.8) is 0 Å². The van der Waals surface area contributed by atoms with Crippen LogP contribution in [-0.2, 0) is 4.79 Å². The number of phenols is 1. The van der Waals surface area contributed by atoms with E-state index in [4.69, 9.17) is 4.74 Å². The average Bonchev–Trinajstić information content (AvgIpc) is 2.91. The van der Waals surface area contributed by atoms with Crippen molar-refractivity contribution in [2.75, 3.05) is 36.5 Å². The molecule has 3 aromatic rings. The molecule has 1 aromatic heterocycles. The van der Waals surface area contributed by atoms with Gasteiger partial charge >= 0.3 is 6.01 Å². The lowest BCUT2D eigenvalue weighted by molar-refractivity contribution is -0.128. The fraction of sp³-hybridized carbons (Fsp3) is 0.296. The lowest BCUT2D eigenvalue weighted by atomic mass is 10.1. The number of fused-ring (bicyclic) bond motifs is 1. The van der Waals surface area contributed by atoms with E-state index >= 15 is 0 Å². The van der Waals surface area contributed by atoms with Crippen molar-refractivity contribution in [2.24, 2.45) is 0 Å². The van der Waals surface area contributed by atoms with E-state index in [1.54, 1.807) is 17.0 Å². The van der Waals surface area contributed by atoms with Crippen molar-refractivity contribution in [3.8, 4) is 17.8 Å². The van der Waals surface area contributed by atoms with E-state index in [1.807, 2.05) is 36.1 Å². The number of nitrogens with zero attached hydrogens (tertiary/aromatic N) is 5. The summed E-state index contributed by atoms with van der Waals surface area (Å²) >= 11 is 0. The first-order valence-corrected chi connectivity index (χ1v) is 12.0. The average molecular weight is 501 g/mol. The minimum absolute atomic E-state index is 0.0276. The van der Waals surface area contributed by atoms with Crippen LogP contribution in [0.2, 0.25) is 0 Å². The summed E-state index contributed by atoms with van der Waals surface area (Å²) in [6.07, 6.45) is 2.13. The number of piperazine rings is 1. The highest BCUT2D eigenvalue weighted by Crippen LogP contribution is 2.29. The summed E-state index contributed by atoms with van der Waals surface area (Å²) in [6, 6.07) is 13.9. The summed E-state index contributed by atoms with van der Waals surface area (Å²) in [5.74, 6) is -0.233. The number of carbonyl (C=O) groups is 2. The van der Waals surface area contributed by atoms with E-state index in [1.165, 1.54) is 12.1 Å². The van der Waals surface area contributed by atoms with E-state index in [9.17, 15) is 20.0 Å². The first kappa shape index (κ1) is 25.4. The topological polar surface area (TPSA) is 132 Å². The van der Waals surface area contributed by atoms with Crippen LogP contribution in [0.5, 0.6) is 11.8 Å². The van der Waals surface area contributed by atoms with Crippen molar-refractivity contribution in [1.29, 1.82) is 5.26 Å². The molecule has 1 saturated heterocycles. The summed E-state index contributed by atoms with van der Waals surface area (Å²) in [6.45, 7) is 7.06. The van der Waals surface area contributed by atoms with Crippen molar-refractivity contribution >= 4 is 34.1 Å². The van der Waals surface area contributed by atoms with Gasteiger partial charge in [-0.2, -0.15) is 15.2 Å². The maximum absolute atomic E-state index is 13.3. The largest absolute Gasteiger partial charge is 0.508 e. The van der Waals surface area contributed by atoms with Crippen molar-refractivity contribution in [3.05, 3.63) is 60.8 Å². The minimum Gasteiger partial charge on any atom is -0.508 e. The molecule has 1 aliphatic rings. The molecule has 0 spiro atoms. The Hall–Kier alpha value is -4.65. The van der Waals surface area contributed by atoms with Crippen LogP contribution in [0, 0.1) is 11.3 Å². The van der Waals surface area contributed by atoms with Gasteiger partial charge in [0.15, 0.2) is 0 Å². The molecule has 10 nitrogen and oxygen atoms in total. The highest BCUT2D eigenvalue weighted by molar-refractivity contribution is 6.09. The Balaban J connectivity index is 1.65. The lowest BCUT2D eigenvalue weighted by Crippen LogP contribution is -2.55. The van der Waals surface area contributed by atoms with Gasteiger partial charge in [-0.3, -0.25) is 9.59 Å². The fourth-order valence-electron chi connectivity index (χ4n) is 4.28. The van der Waals surface area contributed by atoms with Gasteiger partial charge in [-0.25, -0.2) is 0 Å². The number of benzene rings is 2. The molecule has 2 heterocycles. The van der Waals surface area contributed by atoms with Crippen LogP contribution in [0.25, 0.3) is 10.8 Å². The van der Waals surface area contributed by atoms with Crippen LogP contribution in [-0.4, -0.2) is 64.1 Å². The van der Waals surface area contributed by atoms with Crippen LogP contribution in [0.15, 0.2) is 55.1 Å². The number of nitrogens with one attached hydrogen (secondary N) is 1. The maximum Gasteiger partial charge on any atom is 0.319 e. The molecule has 0 unspecified atom stereocenters. The molecule has 0 aliphatic carbocycles. The predicted octanol–water partition coefficient (Wildman–Crippen LogP) is 3.49. The van der Waals surface area contributed by atoms with Gasteiger partial charge in [-0.1, -0.05) is 37.8 Å². The van der Waals surface area contributed by atoms with Gasteiger partial charge in [-0.05, 0) is 23.9 Å². The normalized spacial score (nSPS) is 15.2. The molecule has 190 valence electrons. The van der Waals surface area contributed by atoms with E-state index in [2.05, 4.69) is 27.9 Å². The standard InChI is InChI=1S/C27H28N6O4/c1-3-13-37-27-30-23(26(36)29-22-15-20(34)14-18-7-5-6-8-21(18)22)16-24(31-27)32-11-12-33(25(35)4-2)19(17-32)9-10-28/h4-8,14-16,19,34H,2-3,9,11-13,17H2,1H3,(H,29,36)/t19-/m0/s1. The number of anilines is 2. The molecular weight excluding hydrogens is 472 g/mol. The number of amides is 2. The molecule has 2 aromatic carbocycles.